The molecule has 1 unspecified atom stereocenters. The highest BCUT2D eigenvalue weighted by Gasteiger charge is 2.15. The SMILES string of the molecule is CC(ON)N1CCOCC1.Cl.Cl. The maximum Gasteiger partial charge on any atom is 0.129 e. The van der Waals surface area contributed by atoms with Crippen LogP contribution in [0.25, 0.3) is 0 Å². The van der Waals surface area contributed by atoms with E-state index in [1.807, 2.05) is 6.92 Å². The molecular weight excluding hydrogens is 203 g/mol. The smallest absolute Gasteiger partial charge is 0.129 e. The van der Waals surface area contributed by atoms with Gasteiger partial charge in [-0.2, -0.15) is 0 Å². The molecule has 0 aromatic rings. The first-order valence-corrected chi connectivity index (χ1v) is 3.52. The fraction of sp³-hybridized carbons (Fsp3) is 1.00. The van der Waals surface area contributed by atoms with Gasteiger partial charge in [0, 0.05) is 13.1 Å². The topological polar surface area (TPSA) is 47.7 Å². The van der Waals surface area contributed by atoms with Crippen molar-refractivity contribution in [3.05, 3.63) is 0 Å². The van der Waals surface area contributed by atoms with Crippen LogP contribution >= 0.6 is 24.8 Å². The lowest BCUT2D eigenvalue weighted by molar-refractivity contribution is -0.0882. The van der Waals surface area contributed by atoms with Gasteiger partial charge in [-0.05, 0) is 6.92 Å². The summed E-state index contributed by atoms with van der Waals surface area (Å²) in [5, 5.41) is 0. The Labute approximate surface area is 85.1 Å². The Morgan fingerprint density at radius 1 is 1.33 bits per heavy atom. The van der Waals surface area contributed by atoms with Crippen molar-refractivity contribution in [2.24, 2.45) is 5.90 Å². The lowest BCUT2D eigenvalue weighted by atomic mass is 10.4. The molecule has 76 valence electrons. The highest BCUT2D eigenvalue weighted by molar-refractivity contribution is 5.85. The van der Waals surface area contributed by atoms with Crippen LogP contribution in [0.5, 0.6) is 0 Å². The summed E-state index contributed by atoms with van der Waals surface area (Å²) in [6.07, 6.45) is 0.0175. The third-order valence-electron chi connectivity index (χ3n) is 1.76. The minimum atomic E-state index is 0. The number of rotatable bonds is 2. The molecule has 1 rings (SSSR count). The van der Waals surface area contributed by atoms with Crippen molar-refractivity contribution in [3.63, 3.8) is 0 Å². The summed E-state index contributed by atoms with van der Waals surface area (Å²) in [4.78, 5) is 6.80. The van der Waals surface area contributed by atoms with Gasteiger partial charge in [0.25, 0.3) is 0 Å². The Hall–Kier alpha value is 0.420. The molecule has 1 aliphatic rings. The van der Waals surface area contributed by atoms with Gasteiger partial charge >= 0.3 is 0 Å². The van der Waals surface area contributed by atoms with E-state index in [0.717, 1.165) is 26.3 Å². The molecule has 0 spiro atoms. The molecule has 1 atom stereocenters. The minimum absolute atomic E-state index is 0. The Balaban J connectivity index is 0. The lowest BCUT2D eigenvalue weighted by Crippen LogP contribution is -2.44. The second-order valence-corrected chi connectivity index (χ2v) is 2.38. The van der Waals surface area contributed by atoms with E-state index >= 15 is 0 Å². The summed E-state index contributed by atoms with van der Waals surface area (Å²) >= 11 is 0. The van der Waals surface area contributed by atoms with Crippen LogP contribution in [0.1, 0.15) is 6.92 Å². The molecule has 0 bridgehead atoms. The minimum Gasteiger partial charge on any atom is -0.379 e. The molecular formula is C6H16Cl2N2O2. The number of hydrogen-bond donors (Lipinski definition) is 1. The van der Waals surface area contributed by atoms with Gasteiger partial charge < -0.3 is 4.74 Å². The van der Waals surface area contributed by atoms with E-state index in [0.29, 0.717) is 0 Å². The van der Waals surface area contributed by atoms with Gasteiger partial charge in [0.05, 0.1) is 13.2 Å². The van der Waals surface area contributed by atoms with E-state index in [-0.39, 0.29) is 31.0 Å². The molecule has 0 saturated carbocycles. The highest BCUT2D eigenvalue weighted by Crippen LogP contribution is 2.01. The van der Waals surface area contributed by atoms with Crippen molar-refractivity contribution >= 4 is 24.8 Å². The predicted molar refractivity (Wildman–Crippen MR) is 51.6 cm³/mol. The summed E-state index contributed by atoms with van der Waals surface area (Å²) < 4.78 is 5.16. The normalized spacial score (nSPS) is 20.5. The van der Waals surface area contributed by atoms with Gasteiger partial charge in [-0.3, -0.25) is 9.74 Å². The lowest BCUT2D eigenvalue weighted by Gasteiger charge is -2.30. The van der Waals surface area contributed by atoms with E-state index in [1.54, 1.807) is 0 Å². The molecule has 1 aliphatic heterocycles. The van der Waals surface area contributed by atoms with E-state index in [4.69, 9.17) is 10.6 Å². The number of hydrogen-bond acceptors (Lipinski definition) is 4. The van der Waals surface area contributed by atoms with Crippen LogP contribution in [0, 0.1) is 0 Å². The van der Waals surface area contributed by atoms with Crippen LogP contribution in [0.4, 0.5) is 0 Å². The number of nitrogens with zero attached hydrogens (tertiary/aromatic N) is 1. The summed E-state index contributed by atoms with van der Waals surface area (Å²) in [5.74, 6) is 5.02. The quantitative estimate of drug-likeness (QED) is 0.683. The van der Waals surface area contributed by atoms with Crippen LogP contribution in [0.15, 0.2) is 0 Å². The molecule has 0 aromatic carbocycles. The fourth-order valence-corrected chi connectivity index (χ4v) is 1.03. The Morgan fingerprint density at radius 2 is 1.83 bits per heavy atom. The third kappa shape index (κ3) is 4.45. The molecule has 1 saturated heterocycles. The number of ether oxygens (including phenoxy) is 1. The Morgan fingerprint density at radius 3 is 2.25 bits per heavy atom. The van der Waals surface area contributed by atoms with Crippen LogP contribution < -0.4 is 5.90 Å². The average Bonchev–Trinajstić information content (AvgIpc) is 2.05. The molecule has 0 aromatic heterocycles. The molecule has 6 heteroatoms. The van der Waals surface area contributed by atoms with Crippen molar-refractivity contribution in [1.82, 2.24) is 4.90 Å². The van der Waals surface area contributed by atoms with Crippen molar-refractivity contribution in [3.8, 4) is 0 Å². The number of halogens is 2. The molecule has 0 radical (unpaired) electrons. The molecule has 0 amide bonds. The van der Waals surface area contributed by atoms with Gasteiger partial charge in [-0.25, -0.2) is 5.90 Å². The first-order valence-electron chi connectivity index (χ1n) is 3.52. The first kappa shape index (κ1) is 14.9. The van der Waals surface area contributed by atoms with Crippen molar-refractivity contribution in [2.45, 2.75) is 13.2 Å². The molecule has 4 nitrogen and oxygen atoms in total. The maximum atomic E-state index is 5.16. The van der Waals surface area contributed by atoms with Gasteiger partial charge in [0.1, 0.15) is 6.23 Å². The fourth-order valence-electron chi connectivity index (χ4n) is 1.03. The monoisotopic (exact) mass is 218 g/mol. The average molecular weight is 219 g/mol. The van der Waals surface area contributed by atoms with Gasteiger partial charge in [0.2, 0.25) is 0 Å². The van der Waals surface area contributed by atoms with Crippen molar-refractivity contribution in [2.75, 3.05) is 26.3 Å². The number of nitrogens with two attached hydrogens (primary N) is 1. The zero-order valence-corrected chi connectivity index (χ0v) is 8.70. The third-order valence-corrected chi connectivity index (χ3v) is 1.76. The van der Waals surface area contributed by atoms with E-state index < -0.39 is 0 Å². The van der Waals surface area contributed by atoms with Crippen LogP contribution in [0.3, 0.4) is 0 Å². The summed E-state index contributed by atoms with van der Waals surface area (Å²) in [5.41, 5.74) is 0. The van der Waals surface area contributed by atoms with E-state index in [9.17, 15) is 0 Å². The van der Waals surface area contributed by atoms with E-state index in [2.05, 4.69) is 9.74 Å². The van der Waals surface area contributed by atoms with Crippen LogP contribution in [-0.2, 0) is 9.57 Å². The standard InChI is InChI=1S/C6H14N2O2.2ClH/c1-6(10-7)8-2-4-9-5-3-8;;/h6H,2-5,7H2,1H3;2*1H. The molecule has 1 fully saturated rings. The maximum absolute atomic E-state index is 5.16. The predicted octanol–water partition coefficient (Wildman–Crippen LogP) is 0.399. The van der Waals surface area contributed by atoms with Gasteiger partial charge in [0.15, 0.2) is 0 Å². The summed E-state index contributed by atoms with van der Waals surface area (Å²) in [7, 11) is 0. The molecule has 2 N–H and O–H groups in total. The van der Waals surface area contributed by atoms with Crippen molar-refractivity contribution < 1.29 is 9.57 Å². The largest absolute Gasteiger partial charge is 0.379 e. The second-order valence-electron chi connectivity index (χ2n) is 2.38. The molecule has 1 heterocycles. The first-order chi connectivity index (χ1) is 4.84. The molecule has 12 heavy (non-hydrogen) atoms. The second kappa shape index (κ2) is 8.04. The Kier molecular flexibility index (Phi) is 9.99. The van der Waals surface area contributed by atoms with Crippen LogP contribution in [-0.4, -0.2) is 37.4 Å². The van der Waals surface area contributed by atoms with Crippen molar-refractivity contribution in [1.29, 1.82) is 0 Å². The van der Waals surface area contributed by atoms with E-state index in [1.165, 1.54) is 0 Å². The zero-order chi connectivity index (χ0) is 7.40. The van der Waals surface area contributed by atoms with Gasteiger partial charge in [-0.15, -0.1) is 24.8 Å². The molecule has 0 aliphatic carbocycles. The highest BCUT2D eigenvalue weighted by atomic mass is 35.5. The summed E-state index contributed by atoms with van der Waals surface area (Å²) in [6, 6.07) is 0. The van der Waals surface area contributed by atoms with Gasteiger partial charge in [-0.1, -0.05) is 0 Å². The van der Waals surface area contributed by atoms with Crippen LogP contribution in [0.2, 0.25) is 0 Å². The zero-order valence-electron chi connectivity index (χ0n) is 7.06. The Bertz CT molecular complexity index is 102. The number of morpholine rings is 1. The summed E-state index contributed by atoms with van der Waals surface area (Å²) in [6.45, 7) is 5.34.